The molecule has 0 amide bonds. The molecule has 4 nitrogen and oxygen atoms in total. The second-order valence-corrected chi connectivity index (χ2v) is 15.3. The number of aliphatic hydroxyl groups is 1. The maximum absolute atomic E-state index is 12.6. The Labute approximate surface area is 167 Å². The highest BCUT2D eigenvalue weighted by atomic mass is 35.5. The molecule has 3 rings (SSSR count). The van der Waals surface area contributed by atoms with Crippen LogP contribution in [0.5, 0.6) is 0 Å². The van der Waals surface area contributed by atoms with Gasteiger partial charge in [0.1, 0.15) is 0 Å². The summed E-state index contributed by atoms with van der Waals surface area (Å²) in [4.78, 5) is 0.225. The van der Waals surface area contributed by atoms with Crippen molar-refractivity contribution < 1.29 is 13.5 Å². The zero-order chi connectivity index (χ0) is 19.8. The van der Waals surface area contributed by atoms with Crippen LogP contribution in [-0.4, -0.2) is 27.6 Å². The molecule has 146 valence electrons. The van der Waals surface area contributed by atoms with Gasteiger partial charge in [0.25, 0.3) is 0 Å². The number of hydrogen-bond donors (Lipinski definition) is 2. The van der Waals surface area contributed by atoms with E-state index < -0.39 is 18.1 Å². The molecule has 0 heterocycles. The van der Waals surface area contributed by atoms with E-state index in [-0.39, 0.29) is 17.5 Å². The van der Waals surface area contributed by atoms with Gasteiger partial charge in [-0.2, -0.15) is 0 Å². The van der Waals surface area contributed by atoms with Crippen molar-refractivity contribution in [2.24, 2.45) is 0 Å². The van der Waals surface area contributed by atoms with Crippen LogP contribution in [0.25, 0.3) is 0 Å². The van der Waals surface area contributed by atoms with Gasteiger partial charge in [-0.05, 0) is 60.2 Å². The van der Waals surface area contributed by atoms with Gasteiger partial charge >= 0.3 is 0 Å². The molecular formula is C20H26ClNO3SSi. The third-order valence-electron chi connectivity index (χ3n) is 5.15. The minimum atomic E-state index is -3.58. The highest BCUT2D eigenvalue weighted by Gasteiger charge is 2.28. The number of benzene rings is 2. The molecule has 27 heavy (non-hydrogen) atoms. The minimum absolute atomic E-state index is 0.0456. The van der Waals surface area contributed by atoms with E-state index >= 15 is 0 Å². The molecule has 0 aromatic heterocycles. The van der Waals surface area contributed by atoms with Crippen molar-refractivity contribution in [2.75, 3.05) is 0 Å². The maximum atomic E-state index is 12.6. The highest BCUT2D eigenvalue weighted by Crippen LogP contribution is 2.27. The lowest BCUT2D eigenvalue weighted by atomic mass is 9.86. The number of fused-ring (bicyclic) bond motifs is 1. The number of nitrogens with one attached hydrogen (secondary N) is 1. The first-order chi connectivity index (χ1) is 12.6. The quantitative estimate of drug-likeness (QED) is 0.725. The molecule has 0 radical (unpaired) electrons. The zero-order valence-corrected chi connectivity index (χ0v) is 18.5. The van der Waals surface area contributed by atoms with Crippen LogP contribution in [0.4, 0.5) is 0 Å². The van der Waals surface area contributed by atoms with Gasteiger partial charge in [0.05, 0.1) is 19.6 Å². The summed E-state index contributed by atoms with van der Waals surface area (Å²) in [5, 5.41) is 11.8. The summed E-state index contributed by atoms with van der Waals surface area (Å²) in [7, 11) is -5.12. The SMILES string of the molecule is C[Si](C)(C)c1ccc2c(c1CO)CCC(NS(=O)(=O)c1ccc(Cl)cc1)C2. The average molecular weight is 424 g/mol. The van der Waals surface area contributed by atoms with Gasteiger partial charge in [0.15, 0.2) is 0 Å². The topological polar surface area (TPSA) is 66.4 Å². The number of hydrogen-bond acceptors (Lipinski definition) is 3. The van der Waals surface area contributed by atoms with Crippen LogP contribution in [0, 0.1) is 0 Å². The second-order valence-electron chi connectivity index (χ2n) is 8.15. The third kappa shape index (κ3) is 4.46. The Bertz CT molecular complexity index is 937. The Morgan fingerprint density at radius 2 is 1.81 bits per heavy atom. The van der Waals surface area contributed by atoms with Crippen LogP contribution in [0.2, 0.25) is 24.7 Å². The van der Waals surface area contributed by atoms with Crippen LogP contribution >= 0.6 is 11.6 Å². The molecule has 2 N–H and O–H groups in total. The summed E-state index contributed by atoms with van der Waals surface area (Å²) in [6.45, 7) is 6.88. The van der Waals surface area contributed by atoms with E-state index in [0.717, 1.165) is 24.0 Å². The van der Waals surface area contributed by atoms with Crippen molar-refractivity contribution in [3.05, 3.63) is 58.1 Å². The van der Waals surface area contributed by atoms with Crippen LogP contribution in [0.15, 0.2) is 41.3 Å². The summed E-state index contributed by atoms with van der Waals surface area (Å²) in [5.41, 5.74) is 3.40. The molecule has 2 aromatic rings. The fourth-order valence-electron chi connectivity index (χ4n) is 3.82. The van der Waals surface area contributed by atoms with Crippen molar-refractivity contribution in [3.63, 3.8) is 0 Å². The fraction of sp³-hybridized carbons (Fsp3) is 0.400. The van der Waals surface area contributed by atoms with Gasteiger partial charge in [0.2, 0.25) is 10.0 Å². The molecular weight excluding hydrogens is 398 g/mol. The van der Waals surface area contributed by atoms with Gasteiger partial charge in [0, 0.05) is 11.1 Å². The van der Waals surface area contributed by atoms with Crippen molar-refractivity contribution in [1.82, 2.24) is 4.72 Å². The number of rotatable bonds is 5. The smallest absolute Gasteiger partial charge is 0.240 e. The van der Waals surface area contributed by atoms with E-state index in [1.165, 1.54) is 22.9 Å². The number of halogens is 1. The minimum Gasteiger partial charge on any atom is -0.392 e. The van der Waals surface area contributed by atoms with Crippen molar-refractivity contribution in [1.29, 1.82) is 0 Å². The third-order valence-corrected chi connectivity index (χ3v) is 9.02. The number of sulfonamides is 1. The van der Waals surface area contributed by atoms with Crippen LogP contribution in [-0.2, 0) is 29.5 Å². The highest BCUT2D eigenvalue weighted by molar-refractivity contribution is 7.89. The van der Waals surface area contributed by atoms with Crippen molar-refractivity contribution in [2.45, 2.75) is 56.4 Å². The van der Waals surface area contributed by atoms with E-state index in [0.29, 0.717) is 11.4 Å². The molecule has 1 aliphatic rings. The first-order valence-electron chi connectivity index (χ1n) is 9.14. The van der Waals surface area contributed by atoms with Crippen LogP contribution < -0.4 is 9.91 Å². The summed E-state index contributed by atoms with van der Waals surface area (Å²) in [5.74, 6) is 0. The lowest BCUT2D eigenvalue weighted by Gasteiger charge is -2.30. The van der Waals surface area contributed by atoms with Crippen LogP contribution in [0.3, 0.4) is 0 Å². The van der Waals surface area contributed by atoms with Gasteiger partial charge in [-0.1, -0.05) is 48.6 Å². The largest absolute Gasteiger partial charge is 0.392 e. The van der Waals surface area contributed by atoms with Gasteiger partial charge in [-0.3, -0.25) is 0 Å². The van der Waals surface area contributed by atoms with Crippen molar-refractivity contribution >= 4 is 34.9 Å². The number of aliphatic hydroxyl groups excluding tert-OH is 1. The molecule has 0 saturated carbocycles. The molecule has 1 aliphatic carbocycles. The standard InChI is InChI=1S/C20H26ClNO3SSi/c1-27(2,3)20-11-4-14-12-16(7-10-18(14)19(20)13-23)22-26(24,25)17-8-5-15(21)6-9-17/h4-6,8-9,11,16,22-23H,7,10,12-13H2,1-3H3. The van der Waals surface area contributed by atoms with Gasteiger partial charge in [-0.25, -0.2) is 13.1 Å². The summed E-state index contributed by atoms with van der Waals surface area (Å²) < 4.78 is 28.1. The first kappa shape index (κ1) is 20.5. The van der Waals surface area contributed by atoms with E-state index in [1.807, 2.05) is 0 Å². The molecule has 0 saturated heterocycles. The normalized spacial score (nSPS) is 17.6. The Morgan fingerprint density at radius 3 is 2.41 bits per heavy atom. The molecule has 1 atom stereocenters. The predicted octanol–water partition coefficient (Wildman–Crippen LogP) is 3.21. The summed E-state index contributed by atoms with van der Waals surface area (Å²) in [6.07, 6.45) is 2.14. The Balaban J connectivity index is 1.84. The molecule has 0 fully saturated rings. The molecule has 7 heteroatoms. The average Bonchev–Trinajstić information content (AvgIpc) is 2.59. The zero-order valence-electron chi connectivity index (χ0n) is 15.9. The van der Waals surface area contributed by atoms with Gasteiger partial charge < -0.3 is 5.11 Å². The van der Waals surface area contributed by atoms with Gasteiger partial charge in [-0.15, -0.1) is 0 Å². The molecule has 0 aliphatic heterocycles. The lowest BCUT2D eigenvalue weighted by molar-refractivity contribution is 0.280. The monoisotopic (exact) mass is 423 g/mol. The Hall–Kier alpha value is -1.18. The Morgan fingerprint density at radius 1 is 1.15 bits per heavy atom. The molecule has 2 aromatic carbocycles. The molecule has 0 bridgehead atoms. The second kappa shape index (κ2) is 7.68. The van der Waals surface area contributed by atoms with E-state index in [2.05, 4.69) is 36.5 Å². The van der Waals surface area contributed by atoms with E-state index in [4.69, 9.17) is 11.6 Å². The van der Waals surface area contributed by atoms with Crippen LogP contribution in [0.1, 0.15) is 23.1 Å². The van der Waals surface area contributed by atoms with E-state index in [1.54, 1.807) is 12.1 Å². The van der Waals surface area contributed by atoms with Crippen molar-refractivity contribution in [3.8, 4) is 0 Å². The summed E-state index contributed by atoms with van der Waals surface area (Å²) in [6, 6.07) is 10.3. The maximum Gasteiger partial charge on any atom is 0.240 e. The lowest BCUT2D eigenvalue weighted by Crippen LogP contribution is -2.43. The van der Waals surface area contributed by atoms with E-state index in [9.17, 15) is 13.5 Å². The molecule has 0 spiro atoms. The Kier molecular flexibility index (Phi) is 5.84. The fourth-order valence-corrected chi connectivity index (χ4v) is 6.93. The first-order valence-corrected chi connectivity index (χ1v) is 14.5. The summed E-state index contributed by atoms with van der Waals surface area (Å²) >= 11 is 5.85. The predicted molar refractivity (Wildman–Crippen MR) is 113 cm³/mol. The molecule has 1 unspecified atom stereocenters.